The SMILES string of the molecule is CCC(Br)C(=O)c1ccc2nc3c(cc2c1)Cn1c-3cc2c(c1=O)COC(=O)[C@]2(O)CC. The molecule has 0 spiro atoms. The number of nitrogens with zero attached hydrogens (tertiary/aromatic N) is 2. The second-order valence-electron chi connectivity index (χ2n) is 8.25. The molecule has 2 atom stereocenters. The molecule has 1 aromatic carbocycles. The van der Waals surface area contributed by atoms with Crippen molar-refractivity contribution < 1.29 is 19.4 Å². The highest BCUT2D eigenvalue weighted by atomic mass is 79.9. The van der Waals surface area contributed by atoms with Crippen LogP contribution in [0.4, 0.5) is 0 Å². The van der Waals surface area contributed by atoms with Crippen LogP contribution in [0, 0.1) is 0 Å². The van der Waals surface area contributed by atoms with Gasteiger partial charge in [-0.15, -0.1) is 0 Å². The molecule has 0 fully saturated rings. The van der Waals surface area contributed by atoms with Crippen molar-refractivity contribution in [3.05, 3.63) is 62.9 Å². The Labute approximate surface area is 192 Å². The summed E-state index contributed by atoms with van der Waals surface area (Å²) in [5.41, 5.74) is 1.82. The number of pyridine rings is 2. The van der Waals surface area contributed by atoms with E-state index in [2.05, 4.69) is 15.9 Å². The van der Waals surface area contributed by atoms with Gasteiger partial charge in [0, 0.05) is 22.1 Å². The molecule has 1 unspecified atom stereocenters. The first-order valence-electron chi connectivity index (χ1n) is 10.6. The van der Waals surface area contributed by atoms with E-state index < -0.39 is 11.6 Å². The summed E-state index contributed by atoms with van der Waals surface area (Å²) in [5, 5.41) is 11.8. The predicted octanol–water partition coefficient (Wildman–Crippen LogP) is 3.44. The van der Waals surface area contributed by atoms with Crippen LogP contribution < -0.4 is 5.56 Å². The van der Waals surface area contributed by atoms with Crippen molar-refractivity contribution >= 4 is 38.6 Å². The first kappa shape index (κ1) is 21.0. The molecule has 32 heavy (non-hydrogen) atoms. The Bertz CT molecular complexity index is 1380. The topological polar surface area (TPSA) is 98.5 Å². The van der Waals surface area contributed by atoms with Gasteiger partial charge in [0.05, 0.1) is 33.8 Å². The average Bonchev–Trinajstić information content (AvgIpc) is 3.16. The number of hydrogen-bond donors (Lipinski definition) is 1. The summed E-state index contributed by atoms with van der Waals surface area (Å²) in [4.78, 5) is 42.6. The molecule has 4 heterocycles. The zero-order valence-electron chi connectivity index (χ0n) is 17.6. The highest BCUT2D eigenvalue weighted by Gasteiger charge is 2.45. The Balaban J connectivity index is 1.67. The van der Waals surface area contributed by atoms with E-state index in [1.807, 2.05) is 19.1 Å². The normalized spacial score (nSPS) is 19.8. The number of benzene rings is 1. The monoisotopic (exact) mass is 496 g/mol. The molecule has 0 aliphatic carbocycles. The number of halogens is 1. The molecule has 164 valence electrons. The lowest BCUT2D eigenvalue weighted by Crippen LogP contribution is -2.44. The number of carbonyl (C=O) groups excluding carboxylic acids is 2. The maximum Gasteiger partial charge on any atom is 0.343 e. The minimum atomic E-state index is -1.84. The largest absolute Gasteiger partial charge is 0.458 e. The molecular formula is C24H21BrN2O5. The van der Waals surface area contributed by atoms with Gasteiger partial charge < -0.3 is 14.4 Å². The smallest absolute Gasteiger partial charge is 0.343 e. The highest BCUT2D eigenvalue weighted by Crippen LogP contribution is 2.38. The maximum absolute atomic E-state index is 13.2. The number of Topliss-reactive ketones (excluding diaryl/α,β-unsaturated/α-hetero) is 1. The minimum Gasteiger partial charge on any atom is -0.458 e. The molecule has 0 amide bonds. The van der Waals surface area contributed by atoms with E-state index in [0.717, 1.165) is 10.9 Å². The zero-order chi connectivity index (χ0) is 22.8. The molecule has 3 aromatic rings. The van der Waals surface area contributed by atoms with Gasteiger partial charge in [0.2, 0.25) is 0 Å². The number of carbonyl (C=O) groups is 2. The van der Waals surface area contributed by atoms with Gasteiger partial charge in [-0.05, 0) is 43.2 Å². The van der Waals surface area contributed by atoms with Crippen molar-refractivity contribution in [3.8, 4) is 11.4 Å². The number of hydrogen-bond acceptors (Lipinski definition) is 6. The standard InChI is InChI=1S/C24H21BrN2O5/c1-3-17(25)21(28)12-5-6-18-13(7-12)8-14-10-27-19(20(14)26-18)9-16-15(22(27)29)11-32-23(30)24(16,31)4-2/h5-9,17,31H,3-4,10-11H2,1-2H3/t17?,24-/m0/s1. The third-order valence-electron chi connectivity index (χ3n) is 6.44. The van der Waals surface area contributed by atoms with Crippen molar-refractivity contribution in [2.45, 2.75) is 50.3 Å². The van der Waals surface area contributed by atoms with Crippen LogP contribution in [0.5, 0.6) is 0 Å². The Hall–Kier alpha value is -2.84. The maximum atomic E-state index is 13.2. The van der Waals surface area contributed by atoms with Gasteiger partial charge in [-0.25, -0.2) is 9.78 Å². The molecule has 5 rings (SSSR count). The first-order chi connectivity index (χ1) is 15.3. The summed E-state index contributed by atoms with van der Waals surface area (Å²) in [5.74, 6) is -0.721. The molecule has 0 saturated heterocycles. The summed E-state index contributed by atoms with van der Waals surface area (Å²) in [6, 6.07) is 9.03. The van der Waals surface area contributed by atoms with Crippen LogP contribution >= 0.6 is 15.9 Å². The third kappa shape index (κ3) is 2.89. The van der Waals surface area contributed by atoms with E-state index in [1.54, 1.807) is 29.7 Å². The Morgan fingerprint density at radius 1 is 1.28 bits per heavy atom. The van der Waals surface area contributed by atoms with Crippen molar-refractivity contribution in [1.82, 2.24) is 9.55 Å². The quantitative estimate of drug-likeness (QED) is 0.264. The van der Waals surface area contributed by atoms with Gasteiger partial charge in [0.15, 0.2) is 11.4 Å². The molecule has 7 nitrogen and oxygen atoms in total. The molecule has 0 bridgehead atoms. The Morgan fingerprint density at radius 3 is 2.78 bits per heavy atom. The molecule has 0 saturated carbocycles. The van der Waals surface area contributed by atoms with Crippen molar-refractivity contribution in [2.75, 3.05) is 0 Å². The average molecular weight is 497 g/mol. The number of rotatable bonds is 4. The molecule has 2 aliphatic heterocycles. The lowest BCUT2D eigenvalue weighted by atomic mass is 9.86. The number of ether oxygens (including phenoxy) is 1. The van der Waals surface area contributed by atoms with Crippen LogP contribution in [-0.2, 0) is 28.3 Å². The fourth-order valence-corrected chi connectivity index (χ4v) is 4.77. The van der Waals surface area contributed by atoms with Crippen LogP contribution in [0.3, 0.4) is 0 Å². The van der Waals surface area contributed by atoms with Crippen LogP contribution in [0.1, 0.15) is 53.7 Å². The zero-order valence-corrected chi connectivity index (χ0v) is 19.2. The van der Waals surface area contributed by atoms with Gasteiger partial charge in [0.25, 0.3) is 5.56 Å². The third-order valence-corrected chi connectivity index (χ3v) is 7.50. The molecule has 2 aliphatic rings. The van der Waals surface area contributed by atoms with E-state index >= 15 is 0 Å². The van der Waals surface area contributed by atoms with Crippen molar-refractivity contribution in [3.63, 3.8) is 0 Å². The van der Waals surface area contributed by atoms with Crippen LogP contribution in [0.25, 0.3) is 22.3 Å². The van der Waals surface area contributed by atoms with Crippen molar-refractivity contribution in [2.24, 2.45) is 0 Å². The summed E-state index contributed by atoms with van der Waals surface area (Å²) < 4.78 is 6.70. The summed E-state index contributed by atoms with van der Waals surface area (Å²) in [6.07, 6.45) is 0.793. The highest BCUT2D eigenvalue weighted by molar-refractivity contribution is 9.10. The lowest BCUT2D eigenvalue weighted by molar-refractivity contribution is -0.172. The lowest BCUT2D eigenvalue weighted by Gasteiger charge is -2.31. The Morgan fingerprint density at radius 2 is 2.06 bits per heavy atom. The number of alkyl halides is 1. The van der Waals surface area contributed by atoms with E-state index in [4.69, 9.17) is 9.72 Å². The van der Waals surface area contributed by atoms with Gasteiger partial charge in [-0.1, -0.05) is 29.8 Å². The number of fused-ring (bicyclic) bond motifs is 5. The van der Waals surface area contributed by atoms with Gasteiger partial charge in [-0.3, -0.25) is 9.59 Å². The van der Waals surface area contributed by atoms with Gasteiger partial charge in [-0.2, -0.15) is 0 Å². The Kier molecular flexibility index (Phi) is 4.83. The number of ketones is 1. The number of cyclic esters (lactones) is 1. The van der Waals surface area contributed by atoms with Crippen molar-refractivity contribution in [1.29, 1.82) is 0 Å². The summed E-state index contributed by atoms with van der Waals surface area (Å²) in [6.45, 7) is 3.79. The van der Waals surface area contributed by atoms with Crippen LogP contribution in [0.2, 0.25) is 0 Å². The fourth-order valence-electron chi connectivity index (χ4n) is 4.51. The number of aromatic nitrogens is 2. The number of esters is 1. The van der Waals surface area contributed by atoms with E-state index in [0.29, 0.717) is 46.6 Å². The molecule has 8 heteroatoms. The molecule has 1 N–H and O–H groups in total. The van der Waals surface area contributed by atoms with Gasteiger partial charge in [0.1, 0.15) is 6.61 Å². The minimum absolute atomic E-state index is 0.0191. The molecule has 2 aromatic heterocycles. The fraction of sp³-hybridized carbons (Fsp3) is 0.333. The second kappa shape index (κ2) is 7.35. The molecule has 0 radical (unpaired) electrons. The van der Waals surface area contributed by atoms with Crippen LogP contribution in [-0.4, -0.2) is 31.2 Å². The summed E-state index contributed by atoms with van der Waals surface area (Å²) >= 11 is 3.41. The second-order valence-corrected chi connectivity index (χ2v) is 9.35. The summed E-state index contributed by atoms with van der Waals surface area (Å²) in [7, 11) is 0. The van der Waals surface area contributed by atoms with E-state index in [-0.39, 0.29) is 29.2 Å². The first-order valence-corrected chi connectivity index (χ1v) is 11.5. The van der Waals surface area contributed by atoms with Gasteiger partial charge >= 0.3 is 5.97 Å². The van der Waals surface area contributed by atoms with E-state index in [9.17, 15) is 19.5 Å². The number of aliphatic hydroxyl groups is 1. The molecular weight excluding hydrogens is 476 g/mol. The van der Waals surface area contributed by atoms with E-state index in [1.165, 1.54) is 0 Å². The van der Waals surface area contributed by atoms with Crippen LogP contribution in [0.15, 0.2) is 35.1 Å². The predicted molar refractivity (Wildman–Crippen MR) is 122 cm³/mol.